The summed E-state index contributed by atoms with van der Waals surface area (Å²) in [7, 11) is 3.07. The quantitative estimate of drug-likeness (QED) is 0.763. The van der Waals surface area contributed by atoms with Crippen LogP contribution in [0.3, 0.4) is 0 Å². The molecule has 0 unspecified atom stereocenters. The number of hydrogen-bond donors (Lipinski definition) is 0. The Morgan fingerprint density at radius 2 is 1.52 bits per heavy atom. The van der Waals surface area contributed by atoms with Crippen molar-refractivity contribution in [2.75, 3.05) is 14.2 Å². The third-order valence-electron chi connectivity index (χ3n) is 3.06. The summed E-state index contributed by atoms with van der Waals surface area (Å²) in [5, 5.41) is 1.04. The Balaban J connectivity index is 2.34. The van der Waals surface area contributed by atoms with Crippen molar-refractivity contribution in [3.05, 3.63) is 57.6 Å². The average Bonchev–Trinajstić information content (AvgIpc) is 2.47. The van der Waals surface area contributed by atoms with E-state index in [9.17, 15) is 4.79 Å². The summed E-state index contributed by atoms with van der Waals surface area (Å²) in [6.07, 6.45) is 0.153. The third-order valence-corrected chi connectivity index (χ3v) is 3.53. The molecule has 0 N–H and O–H groups in total. The zero-order valence-electron chi connectivity index (χ0n) is 11.7. The van der Waals surface area contributed by atoms with Crippen molar-refractivity contribution in [2.24, 2.45) is 0 Å². The van der Waals surface area contributed by atoms with Crippen LogP contribution >= 0.6 is 23.2 Å². The maximum Gasteiger partial charge on any atom is 0.171 e. The first kappa shape index (κ1) is 15.7. The maximum absolute atomic E-state index is 12.5. The molecule has 0 radical (unpaired) electrons. The fraction of sp³-hybridized carbons (Fsp3) is 0.188. The van der Waals surface area contributed by atoms with E-state index >= 15 is 0 Å². The number of hydrogen-bond acceptors (Lipinski definition) is 3. The molecule has 0 heterocycles. The molecule has 2 aromatic rings. The van der Waals surface area contributed by atoms with Crippen LogP contribution in [0.2, 0.25) is 10.0 Å². The molecule has 0 fully saturated rings. The first-order valence-electron chi connectivity index (χ1n) is 6.24. The molecule has 0 spiro atoms. The molecule has 5 heteroatoms. The molecule has 0 amide bonds. The number of rotatable bonds is 5. The predicted octanol–water partition coefficient (Wildman–Crippen LogP) is 4.44. The van der Waals surface area contributed by atoms with Crippen LogP contribution in [0.15, 0.2) is 36.4 Å². The Morgan fingerprint density at radius 1 is 0.952 bits per heavy atom. The Labute approximate surface area is 133 Å². The van der Waals surface area contributed by atoms with E-state index in [1.165, 1.54) is 7.11 Å². The molecular formula is C16H14Cl2O3. The lowest BCUT2D eigenvalue weighted by Gasteiger charge is -2.11. The van der Waals surface area contributed by atoms with Crippen LogP contribution in [0.1, 0.15) is 15.9 Å². The molecule has 0 saturated heterocycles. The standard InChI is InChI=1S/C16H14Cl2O3/c1-20-15-5-3-11(17)7-10(15)8-14(19)13-9-12(18)4-6-16(13)21-2/h3-7,9H,8H2,1-2H3. The SMILES string of the molecule is COc1ccc(Cl)cc1CC(=O)c1cc(Cl)ccc1OC. The summed E-state index contributed by atoms with van der Waals surface area (Å²) in [6, 6.07) is 10.1. The molecule has 0 atom stereocenters. The van der Waals surface area contributed by atoms with Crippen LogP contribution in [0.25, 0.3) is 0 Å². The minimum Gasteiger partial charge on any atom is -0.496 e. The van der Waals surface area contributed by atoms with Crippen molar-refractivity contribution in [3.63, 3.8) is 0 Å². The third kappa shape index (κ3) is 3.69. The van der Waals surface area contributed by atoms with Gasteiger partial charge in [-0.1, -0.05) is 23.2 Å². The number of benzene rings is 2. The lowest BCUT2D eigenvalue weighted by molar-refractivity contribution is 0.0989. The highest BCUT2D eigenvalue weighted by Crippen LogP contribution is 2.27. The molecule has 2 aromatic carbocycles. The highest BCUT2D eigenvalue weighted by molar-refractivity contribution is 6.31. The molecule has 0 aliphatic heterocycles. The van der Waals surface area contributed by atoms with Gasteiger partial charge in [-0.3, -0.25) is 4.79 Å². The van der Waals surface area contributed by atoms with E-state index < -0.39 is 0 Å². The summed E-state index contributed by atoms with van der Waals surface area (Å²) < 4.78 is 10.5. The molecule has 0 aliphatic rings. The molecule has 3 nitrogen and oxygen atoms in total. The van der Waals surface area contributed by atoms with Gasteiger partial charge in [-0.05, 0) is 36.4 Å². The van der Waals surface area contributed by atoms with Gasteiger partial charge in [0, 0.05) is 22.0 Å². The van der Waals surface area contributed by atoms with Crippen molar-refractivity contribution in [2.45, 2.75) is 6.42 Å². The molecular weight excluding hydrogens is 311 g/mol. The Kier molecular flexibility index (Phi) is 5.10. The van der Waals surface area contributed by atoms with E-state index in [0.717, 1.165) is 5.56 Å². The maximum atomic E-state index is 12.5. The second kappa shape index (κ2) is 6.83. The van der Waals surface area contributed by atoms with Crippen LogP contribution in [0.4, 0.5) is 0 Å². The van der Waals surface area contributed by atoms with Gasteiger partial charge in [-0.2, -0.15) is 0 Å². The topological polar surface area (TPSA) is 35.5 Å². The first-order chi connectivity index (χ1) is 10.0. The van der Waals surface area contributed by atoms with Gasteiger partial charge in [0.1, 0.15) is 11.5 Å². The van der Waals surface area contributed by atoms with Crippen molar-refractivity contribution >= 4 is 29.0 Å². The van der Waals surface area contributed by atoms with Gasteiger partial charge in [0.25, 0.3) is 0 Å². The van der Waals surface area contributed by atoms with Crippen LogP contribution in [0, 0.1) is 0 Å². The highest BCUT2D eigenvalue weighted by Gasteiger charge is 2.16. The van der Waals surface area contributed by atoms with Gasteiger partial charge >= 0.3 is 0 Å². The zero-order valence-corrected chi connectivity index (χ0v) is 13.2. The second-order valence-electron chi connectivity index (χ2n) is 4.40. The molecule has 0 aromatic heterocycles. The molecule has 2 rings (SSSR count). The second-order valence-corrected chi connectivity index (χ2v) is 5.27. The fourth-order valence-electron chi connectivity index (χ4n) is 2.05. The summed E-state index contributed by atoms with van der Waals surface area (Å²) in [5.41, 5.74) is 1.16. The molecule has 0 saturated carbocycles. The van der Waals surface area contributed by atoms with Crippen LogP contribution in [-0.4, -0.2) is 20.0 Å². The van der Waals surface area contributed by atoms with Gasteiger partial charge in [-0.25, -0.2) is 0 Å². The summed E-state index contributed by atoms with van der Waals surface area (Å²) in [4.78, 5) is 12.5. The molecule has 0 bridgehead atoms. The van der Waals surface area contributed by atoms with E-state index in [1.807, 2.05) is 0 Å². The monoisotopic (exact) mass is 324 g/mol. The average molecular weight is 325 g/mol. The van der Waals surface area contributed by atoms with E-state index in [0.29, 0.717) is 27.1 Å². The van der Waals surface area contributed by atoms with Crippen molar-refractivity contribution in [1.29, 1.82) is 0 Å². The van der Waals surface area contributed by atoms with Crippen molar-refractivity contribution in [1.82, 2.24) is 0 Å². The normalized spacial score (nSPS) is 10.3. The van der Waals surface area contributed by atoms with Crippen LogP contribution in [-0.2, 0) is 6.42 Å². The minimum absolute atomic E-state index is 0.116. The number of halogens is 2. The molecule has 0 aliphatic carbocycles. The lowest BCUT2D eigenvalue weighted by atomic mass is 10.0. The van der Waals surface area contributed by atoms with E-state index in [1.54, 1.807) is 43.5 Å². The number of ketones is 1. The van der Waals surface area contributed by atoms with E-state index in [4.69, 9.17) is 32.7 Å². The Hall–Kier alpha value is -1.71. The van der Waals surface area contributed by atoms with Gasteiger partial charge in [0.05, 0.1) is 19.8 Å². The van der Waals surface area contributed by atoms with Gasteiger partial charge in [0.15, 0.2) is 5.78 Å². The number of Topliss-reactive ketones (excluding diaryl/α,β-unsaturated/α-hetero) is 1. The number of ether oxygens (including phenoxy) is 2. The van der Waals surface area contributed by atoms with Gasteiger partial charge in [-0.15, -0.1) is 0 Å². The van der Waals surface area contributed by atoms with E-state index in [-0.39, 0.29) is 12.2 Å². The number of carbonyl (C=O) groups excluding carboxylic acids is 1. The van der Waals surface area contributed by atoms with Gasteiger partial charge in [0.2, 0.25) is 0 Å². The summed E-state index contributed by atoms with van der Waals surface area (Å²) >= 11 is 11.9. The van der Waals surface area contributed by atoms with Crippen molar-refractivity contribution in [3.8, 4) is 11.5 Å². The Bertz CT molecular complexity index is 669. The predicted molar refractivity (Wildman–Crippen MR) is 84.0 cm³/mol. The smallest absolute Gasteiger partial charge is 0.171 e. The fourth-order valence-corrected chi connectivity index (χ4v) is 2.42. The first-order valence-corrected chi connectivity index (χ1v) is 7.00. The summed E-state index contributed by atoms with van der Waals surface area (Å²) in [5.74, 6) is 0.994. The van der Waals surface area contributed by atoms with Crippen molar-refractivity contribution < 1.29 is 14.3 Å². The molecule has 110 valence electrons. The van der Waals surface area contributed by atoms with Crippen LogP contribution < -0.4 is 9.47 Å². The van der Waals surface area contributed by atoms with Gasteiger partial charge < -0.3 is 9.47 Å². The summed E-state index contributed by atoms with van der Waals surface area (Å²) in [6.45, 7) is 0. The van der Waals surface area contributed by atoms with Crippen LogP contribution in [0.5, 0.6) is 11.5 Å². The molecule has 21 heavy (non-hydrogen) atoms. The highest BCUT2D eigenvalue weighted by atomic mass is 35.5. The number of methoxy groups -OCH3 is 2. The zero-order chi connectivity index (χ0) is 15.4. The Morgan fingerprint density at radius 3 is 2.14 bits per heavy atom. The largest absolute Gasteiger partial charge is 0.496 e. The van der Waals surface area contributed by atoms with E-state index in [2.05, 4.69) is 0 Å². The number of carbonyl (C=O) groups is 1. The lowest BCUT2D eigenvalue weighted by Crippen LogP contribution is -2.07. The minimum atomic E-state index is -0.116.